The molecular weight excluding hydrogens is 302 g/mol. The van der Waals surface area contributed by atoms with Crippen molar-refractivity contribution in [3.8, 4) is 11.5 Å². The van der Waals surface area contributed by atoms with Crippen LogP contribution in [0.15, 0.2) is 42.5 Å². The van der Waals surface area contributed by atoms with Crippen molar-refractivity contribution in [1.29, 1.82) is 0 Å². The molecule has 1 aliphatic heterocycles. The van der Waals surface area contributed by atoms with Gasteiger partial charge in [0.1, 0.15) is 13.2 Å². The second-order valence-corrected chi connectivity index (χ2v) is 6.70. The monoisotopic (exact) mass is 323 g/mol. The maximum atomic E-state index is 5.62. The van der Waals surface area contributed by atoms with Gasteiger partial charge in [0, 0.05) is 24.1 Å². The van der Waals surface area contributed by atoms with Gasteiger partial charge in [-0.05, 0) is 5.56 Å². The maximum absolute atomic E-state index is 5.62. The van der Waals surface area contributed by atoms with E-state index in [2.05, 4.69) is 53.4 Å². The number of fused-ring (bicyclic) bond motifs is 2. The van der Waals surface area contributed by atoms with Gasteiger partial charge in [0.2, 0.25) is 5.95 Å². The lowest BCUT2D eigenvalue weighted by molar-refractivity contribution is 0.172. The number of benzene rings is 2. The first-order chi connectivity index (χ1) is 11.6. The van der Waals surface area contributed by atoms with Crippen LogP contribution < -0.4 is 14.8 Å². The standard InChI is InChI=1S/C19H21N3O2/c1-19(2,13-6-4-3-5-7-13)12-20-18-21-14-10-16-17(11-15(14)22-18)24-9-8-23-16/h3-7,10-11H,8-9,12H2,1-2H3,(H2,20,21,22). The number of nitrogens with zero attached hydrogens (tertiary/aromatic N) is 1. The van der Waals surface area contributed by atoms with Crippen LogP contribution >= 0.6 is 0 Å². The zero-order valence-corrected chi connectivity index (χ0v) is 13.9. The molecule has 2 aromatic carbocycles. The van der Waals surface area contributed by atoms with Crippen LogP contribution in [0, 0.1) is 0 Å². The van der Waals surface area contributed by atoms with Crippen molar-refractivity contribution in [3.63, 3.8) is 0 Å². The summed E-state index contributed by atoms with van der Waals surface area (Å²) < 4.78 is 11.2. The Hall–Kier alpha value is -2.69. The Morgan fingerprint density at radius 3 is 2.54 bits per heavy atom. The van der Waals surface area contributed by atoms with E-state index >= 15 is 0 Å². The lowest BCUT2D eigenvalue weighted by atomic mass is 9.85. The molecule has 4 rings (SSSR count). The summed E-state index contributed by atoms with van der Waals surface area (Å²) in [5.74, 6) is 2.29. The normalized spacial score (nSPS) is 13.9. The van der Waals surface area contributed by atoms with Crippen molar-refractivity contribution in [2.45, 2.75) is 19.3 Å². The third-order valence-electron chi connectivity index (χ3n) is 4.40. The van der Waals surface area contributed by atoms with Crippen LogP contribution in [0.25, 0.3) is 11.0 Å². The highest BCUT2D eigenvalue weighted by Gasteiger charge is 2.21. The Morgan fingerprint density at radius 2 is 1.79 bits per heavy atom. The molecule has 1 aromatic heterocycles. The molecule has 0 aliphatic carbocycles. The second-order valence-electron chi connectivity index (χ2n) is 6.70. The predicted octanol–water partition coefficient (Wildman–Crippen LogP) is 3.72. The van der Waals surface area contributed by atoms with Crippen LogP contribution in [0.4, 0.5) is 5.95 Å². The highest BCUT2D eigenvalue weighted by Crippen LogP contribution is 2.34. The van der Waals surface area contributed by atoms with Gasteiger partial charge in [0.05, 0.1) is 11.0 Å². The molecule has 0 amide bonds. The molecule has 124 valence electrons. The smallest absolute Gasteiger partial charge is 0.201 e. The molecule has 0 radical (unpaired) electrons. The molecule has 2 heterocycles. The Morgan fingerprint density at radius 1 is 1.08 bits per heavy atom. The summed E-state index contributed by atoms with van der Waals surface area (Å²) in [6.07, 6.45) is 0. The van der Waals surface area contributed by atoms with Gasteiger partial charge in [-0.2, -0.15) is 0 Å². The fourth-order valence-electron chi connectivity index (χ4n) is 2.93. The Balaban J connectivity index is 1.54. The fourth-order valence-corrected chi connectivity index (χ4v) is 2.93. The molecular formula is C19H21N3O2. The number of nitrogens with one attached hydrogen (secondary N) is 2. The number of imidazole rings is 1. The first-order valence-electron chi connectivity index (χ1n) is 8.21. The van der Waals surface area contributed by atoms with E-state index in [1.54, 1.807) is 0 Å². The number of aromatic amines is 1. The van der Waals surface area contributed by atoms with E-state index in [0.717, 1.165) is 35.0 Å². The maximum Gasteiger partial charge on any atom is 0.201 e. The first kappa shape index (κ1) is 14.9. The van der Waals surface area contributed by atoms with Crippen LogP contribution in [-0.4, -0.2) is 29.7 Å². The lowest BCUT2D eigenvalue weighted by Crippen LogP contribution is -2.27. The van der Waals surface area contributed by atoms with Gasteiger partial charge in [-0.25, -0.2) is 4.98 Å². The molecule has 0 saturated carbocycles. The molecule has 2 N–H and O–H groups in total. The number of anilines is 1. The summed E-state index contributed by atoms with van der Waals surface area (Å²) in [5, 5.41) is 3.42. The summed E-state index contributed by atoms with van der Waals surface area (Å²) in [6.45, 7) is 6.39. The van der Waals surface area contributed by atoms with Gasteiger partial charge in [-0.15, -0.1) is 0 Å². The molecule has 3 aromatic rings. The Labute approximate surface area is 141 Å². The van der Waals surface area contributed by atoms with Crippen molar-refractivity contribution in [2.75, 3.05) is 25.1 Å². The molecule has 0 saturated heterocycles. The van der Waals surface area contributed by atoms with E-state index in [1.807, 2.05) is 18.2 Å². The summed E-state index contributed by atoms with van der Waals surface area (Å²) in [5.41, 5.74) is 3.12. The molecule has 0 fully saturated rings. The number of hydrogen-bond donors (Lipinski definition) is 2. The fraction of sp³-hybridized carbons (Fsp3) is 0.316. The van der Waals surface area contributed by atoms with Crippen molar-refractivity contribution in [1.82, 2.24) is 9.97 Å². The minimum Gasteiger partial charge on any atom is -0.486 e. The van der Waals surface area contributed by atoms with E-state index < -0.39 is 0 Å². The largest absolute Gasteiger partial charge is 0.486 e. The molecule has 0 spiro atoms. The summed E-state index contributed by atoms with van der Waals surface area (Å²) in [6, 6.07) is 14.4. The van der Waals surface area contributed by atoms with Crippen LogP contribution in [-0.2, 0) is 5.41 Å². The third-order valence-corrected chi connectivity index (χ3v) is 4.40. The van der Waals surface area contributed by atoms with Crippen molar-refractivity contribution in [3.05, 3.63) is 48.0 Å². The molecule has 24 heavy (non-hydrogen) atoms. The molecule has 5 heteroatoms. The topological polar surface area (TPSA) is 59.2 Å². The first-order valence-corrected chi connectivity index (χ1v) is 8.21. The quantitative estimate of drug-likeness (QED) is 0.768. The minimum absolute atomic E-state index is 0.00565. The SMILES string of the molecule is CC(C)(CNc1nc2cc3c(cc2[nH]1)OCCO3)c1ccccc1. The van der Waals surface area contributed by atoms with Crippen LogP contribution in [0.1, 0.15) is 19.4 Å². The molecule has 0 unspecified atom stereocenters. The van der Waals surface area contributed by atoms with Crippen molar-refractivity contribution >= 4 is 17.0 Å². The van der Waals surface area contributed by atoms with E-state index in [4.69, 9.17) is 9.47 Å². The number of hydrogen-bond acceptors (Lipinski definition) is 4. The molecule has 0 atom stereocenters. The molecule has 5 nitrogen and oxygen atoms in total. The van der Waals surface area contributed by atoms with Crippen LogP contribution in [0.2, 0.25) is 0 Å². The highest BCUT2D eigenvalue weighted by molar-refractivity contribution is 5.81. The molecule has 0 bridgehead atoms. The van der Waals surface area contributed by atoms with Gasteiger partial charge in [-0.3, -0.25) is 0 Å². The van der Waals surface area contributed by atoms with Crippen LogP contribution in [0.5, 0.6) is 11.5 Å². The molecule has 1 aliphatic rings. The van der Waals surface area contributed by atoms with Crippen molar-refractivity contribution < 1.29 is 9.47 Å². The van der Waals surface area contributed by atoms with Gasteiger partial charge in [-0.1, -0.05) is 44.2 Å². The van der Waals surface area contributed by atoms with Gasteiger partial charge >= 0.3 is 0 Å². The van der Waals surface area contributed by atoms with Gasteiger partial charge < -0.3 is 19.8 Å². The number of aromatic nitrogens is 2. The van der Waals surface area contributed by atoms with Crippen molar-refractivity contribution in [2.24, 2.45) is 0 Å². The third kappa shape index (κ3) is 2.77. The van der Waals surface area contributed by atoms with E-state index in [0.29, 0.717) is 13.2 Å². The summed E-state index contributed by atoms with van der Waals surface area (Å²) >= 11 is 0. The highest BCUT2D eigenvalue weighted by atomic mass is 16.6. The Kier molecular flexibility index (Phi) is 3.56. The number of ether oxygens (including phenoxy) is 2. The lowest BCUT2D eigenvalue weighted by Gasteiger charge is -2.25. The zero-order valence-electron chi connectivity index (χ0n) is 13.9. The van der Waals surface area contributed by atoms with E-state index in [-0.39, 0.29) is 5.41 Å². The number of H-pyrrole nitrogens is 1. The average Bonchev–Trinajstić information content (AvgIpc) is 3.00. The number of rotatable bonds is 4. The summed E-state index contributed by atoms with van der Waals surface area (Å²) in [7, 11) is 0. The van der Waals surface area contributed by atoms with E-state index in [1.165, 1.54) is 5.56 Å². The van der Waals surface area contributed by atoms with Gasteiger partial charge in [0.15, 0.2) is 11.5 Å². The average molecular weight is 323 g/mol. The predicted molar refractivity (Wildman–Crippen MR) is 95.0 cm³/mol. The van der Waals surface area contributed by atoms with Gasteiger partial charge in [0.25, 0.3) is 0 Å². The Bertz CT molecular complexity index is 813. The van der Waals surface area contributed by atoms with Crippen LogP contribution in [0.3, 0.4) is 0 Å². The minimum atomic E-state index is 0.00565. The summed E-state index contributed by atoms with van der Waals surface area (Å²) in [4.78, 5) is 7.93. The second kappa shape index (κ2) is 5.74. The zero-order chi connectivity index (χ0) is 16.6. The van der Waals surface area contributed by atoms with E-state index in [9.17, 15) is 0 Å².